The van der Waals surface area contributed by atoms with Crippen LogP contribution in [-0.2, 0) is 9.53 Å². The van der Waals surface area contributed by atoms with Crippen LogP contribution in [-0.4, -0.2) is 48.8 Å². The molecule has 1 unspecified atom stereocenters. The molecule has 2 rings (SSSR count). The van der Waals surface area contributed by atoms with Gasteiger partial charge < -0.3 is 19.9 Å². The molecular formula is C18H20N2O5. The Morgan fingerprint density at radius 3 is 2.48 bits per heavy atom. The zero-order valence-electron chi connectivity index (χ0n) is 14.1. The van der Waals surface area contributed by atoms with Crippen LogP contribution < -0.4 is 10.1 Å². The summed E-state index contributed by atoms with van der Waals surface area (Å²) in [5, 5.41) is 11.7. The highest BCUT2D eigenvalue weighted by molar-refractivity contribution is 5.97. The van der Waals surface area contributed by atoms with E-state index < -0.39 is 17.9 Å². The maximum absolute atomic E-state index is 12.3. The minimum atomic E-state index is -1.11. The fraction of sp³-hybridized carbons (Fsp3) is 0.278. The van der Waals surface area contributed by atoms with Crippen LogP contribution in [0, 0.1) is 0 Å². The molecule has 0 aliphatic rings. The van der Waals surface area contributed by atoms with E-state index in [2.05, 4.69) is 10.3 Å². The maximum atomic E-state index is 12.3. The first kappa shape index (κ1) is 18.4. The van der Waals surface area contributed by atoms with Gasteiger partial charge in [0.15, 0.2) is 0 Å². The summed E-state index contributed by atoms with van der Waals surface area (Å²) in [4.78, 5) is 27.6. The zero-order chi connectivity index (χ0) is 18.2. The lowest BCUT2D eigenvalue weighted by Gasteiger charge is -2.14. The molecule has 1 atom stereocenters. The SMILES string of the molecule is COCCC(NC(=O)c1cncc(-c2ccc(OC)cc2)c1)C(=O)O. The van der Waals surface area contributed by atoms with Gasteiger partial charge in [-0.25, -0.2) is 4.79 Å². The first-order valence-electron chi connectivity index (χ1n) is 7.67. The molecular weight excluding hydrogens is 324 g/mol. The van der Waals surface area contributed by atoms with Gasteiger partial charge >= 0.3 is 5.97 Å². The van der Waals surface area contributed by atoms with Crippen LogP contribution in [0.25, 0.3) is 11.1 Å². The Morgan fingerprint density at radius 2 is 1.88 bits per heavy atom. The van der Waals surface area contributed by atoms with Crippen LogP contribution in [0.1, 0.15) is 16.8 Å². The Kier molecular flexibility index (Phi) is 6.47. The average molecular weight is 344 g/mol. The zero-order valence-corrected chi connectivity index (χ0v) is 14.1. The van der Waals surface area contributed by atoms with Gasteiger partial charge in [-0.1, -0.05) is 12.1 Å². The molecule has 7 nitrogen and oxygen atoms in total. The first-order chi connectivity index (χ1) is 12.0. The number of amides is 1. The molecule has 0 radical (unpaired) electrons. The molecule has 7 heteroatoms. The van der Waals surface area contributed by atoms with Gasteiger partial charge in [0.25, 0.3) is 5.91 Å². The lowest BCUT2D eigenvalue weighted by Crippen LogP contribution is -2.41. The third kappa shape index (κ3) is 5.02. The van der Waals surface area contributed by atoms with E-state index in [9.17, 15) is 14.7 Å². The molecule has 0 fully saturated rings. The summed E-state index contributed by atoms with van der Waals surface area (Å²) in [5.41, 5.74) is 1.91. The molecule has 1 aromatic heterocycles. The van der Waals surface area contributed by atoms with Crippen molar-refractivity contribution >= 4 is 11.9 Å². The molecule has 0 aliphatic carbocycles. The second-order valence-electron chi connectivity index (χ2n) is 5.34. The Bertz CT molecular complexity index is 731. The minimum absolute atomic E-state index is 0.184. The minimum Gasteiger partial charge on any atom is -0.497 e. The monoisotopic (exact) mass is 344 g/mol. The average Bonchev–Trinajstić information content (AvgIpc) is 2.64. The van der Waals surface area contributed by atoms with Crippen molar-refractivity contribution in [3.05, 3.63) is 48.3 Å². The topological polar surface area (TPSA) is 97.8 Å². The molecule has 0 aliphatic heterocycles. The number of pyridine rings is 1. The number of nitrogens with zero attached hydrogens (tertiary/aromatic N) is 1. The second-order valence-corrected chi connectivity index (χ2v) is 5.34. The lowest BCUT2D eigenvalue weighted by molar-refractivity contribution is -0.139. The summed E-state index contributed by atoms with van der Waals surface area (Å²) in [7, 11) is 3.06. The van der Waals surface area contributed by atoms with E-state index in [1.165, 1.54) is 13.3 Å². The number of ether oxygens (including phenoxy) is 2. The molecule has 0 bridgehead atoms. The van der Waals surface area contributed by atoms with E-state index in [-0.39, 0.29) is 18.6 Å². The van der Waals surface area contributed by atoms with Crippen molar-refractivity contribution in [1.29, 1.82) is 0 Å². The van der Waals surface area contributed by atoms with E-state index in [1.54, 1.807) is 19.4 Å². The summed E-state index contributed by atoms with van der Waals surface area (Å²) in [6, 6.07) is 7.99. The van der Waals surface area contributed by atoms with Gasteiger partial charge in [0.2, 0.25) is 0 Å². The number of methoxy groups -OCH3 is 2. The highest BCUT2D eigenvalue weighted by Gasteiger charge is 2.20. The molecule has 0 saturated heterocycles. The number of hydrogen-bond donors (Lipinski definition) is 2. The molecule has 132 valence electrons. The molecule has 1 heterocycles. The highest BCUT2D eigenvalue weighted by atomic mass is 16.5. The van der Waals surface area contributed by atoms with E-state index in [0.29, 0.717) is 0 Å². The Balaban J connectivity index is 2.16. The summed E-state index contributed by atoms with van der Waals surface area (Å²) in [6.07, 6.45) is 3.22. The summed E-state index contributed by atoms with van der Waals surface area (Å²) < 4.78 is 9.99. The third-order valence-electron chi connectivity index (χ3n) is 3.64. The van der Waals surface area contributed by atoms with Crippen LogP contribution in [0.5, 0.6) is 5.75 Å². The number of hydrogen-bond acceptors (Lipinski definition) is 5. The molecule has 1 amide bonds. The predicted octanol–water partition coefficient (Wildman–Crippen LogP) is 1.98. The van der Waals surface area contributed by atoms with Crippen molar-refractivity contribution in [3.63, 3.8) is 0 Å². The molecule has 25 heavy (non-hydrogen) atoms. The maximum Gasteiger partial charge on any atom is 0.326 e. The largest absolute Gasteiger partial charge is 0.497 e. The van der Waals surface area contributed by atoms with Crippen molar-refractivity contribution < 1.29 is 24.2 Å². The number of aromatic nitrogens is 1. The number of benzene rings is 1. The van der Waals surface area contributed by atoms with Gasteiger partial charge in [0, 0.05) is 38.1 Å². The van der Waals surface area contributed by atoms with E-state index in [1.807, 2.05) is 24.3 Å². The van der Waals surface area contributed by atoms with Crippen LogP contribution in [0.3, 0.4) is 0 Å². The van der Waals surface area contributed by atoms with Gasteiger partial charge in [-0.05, 0) is 23.8 Å². The van der Waals surface area contributed by atoms with Crippen LogP contribution in [0.15, 0.2) is 42.7 Å². The van der Waals surface area contributed by atoms with Gasteiger partial charge in [0.05, 0.1) is 12.7 Å². The Morgan fingerprint density at radius 1 is 1.16 bits per heavy atom. The molecule has 1 aromatic carbocycles. The van der Waals surface area contributed by atoms with Crippen LogP contribution in [0.2, 0.25) is 0 Å². The standard InChI is InChI=1S/C18H20N2O5/c1-24-8-7-16(18(22)23)20-17(21)14-9-13(10-19-11-14)12-3-5-15(25-2)6-4-12/h3-6,9-11,16H,7-8H2,1-2H3,(H,20,21)(H,22,23). The molecule has 2 aromatic rings. The van der Waals surface area contributed by atoms with Gasteiger partial charge in [-0.2, -0.15) is 0 Å². The van der Waals surface area contributed by atoms with E-state index in [0.717, 1.165) is 16.9 Å². The summed E-state index contributed by atoms with van der Waals surface area (Å²) in [6.45, 7) is 0.237. The second kappa shape index (κ2) is 8.79. The smallest absolute Gasteiger partial charge is 0.326 e. The number of aliphatic carboxylic acids is 1. The van der Waals surface area contributed by atoms with Crippen LogP contribution >= 0.6 is 0 Å². The number of carbonyl (C=O) groups excluding carboxylic acids is 1. The van der Waals surface area contributed by atoms with E-state index >= 15 is 0 Å². The van der Waals surface area contributed by atoms with Crippen molar-refractivity contribution in [2.24, 2.45) is 0 Å². The lowest BCUT2D eigenvalue weighted by atomic mass is 10.1. The third-order valence-corrected chi connectivity index (χ3v) is 3.64. The van der Waals surface area contributed by atoms with Gasteiger partial charge in [-0.15, -0.1) is 0 Å². The number of carboxylic acids is 1. The van der Waals surface area contributed by atoms with Crippen molar-refractivity contribution in [2.75, 3.05) is 20.8 Å². The van der Waals surface area contributed by atoms with Crippen molar-refractivity contribution in [2.45, 2.75) is 12.5 Å². The van der Waals surface area contributed by atoms with Gasteiger partial charge in [-0.3, -0.25) is 9.78 Å². The number of nitrogens with one attached hydrogen (secondary N) is 1. The molecule has 0 spiro atoms. The molecule has 0 saturated carbocycles. The number of rotatable bonds is 8. The summed E-state index contributed by atoms with van der Waals surface area (Å²) in [5.74, 6) is -0.871. The number of carbonyl (C=O) groups is 2. The highest BCUT2D eigenvalue weighted by Crippen LogP contribution is 2.22. The normalized spacial score (nSPS) is 11.6. The fourth-order valence-corrected chi connectivity index (χ4v) is 2.24. The van der Waals surface area contributed by atoms with Crippen molar-refractivity contribution in [3.8, 4) is 16.9 Å². The Hall–Kier alpha value is -2.93. The Labute approximate surface area is 145 Å². The van der Waals surface area contributed by atoms with Crippen LogP contribution in [0.4, 0.5) is 0 Å². The first-order valence-corrected chi connectivity index (χ1v) is 7.67. The van der Waals surface area contributed by atoms with Crippen molar-refractivity contribution in [1.82, 2.24) is 10.3 Å². The summed E-state index contributed by atoms with van der Waals surface area (Å²) >= 11 is 0. The van der Waals surface area contributed by atoms with E-state index in [4.69, 9.17) is 9.47 Å². The predicted molar refractivity (Wildman–Crippen MR) is 91.6 cm³/mol. The van der Waals surface area contributed by atoms with Gasteiger partial charge in [0.1, 0.15) is 11.8 Å². The quantitative estimate of drug-likeness (QED) is 0.760. The molecule has 2 N–H and O–H groups in total. The fourth-order valence-electron chi connectivity index (χ4n) is 2.24. The number of carboxylic acid groups (broad SMARTS) is 1.